The van der Waals surface area contributed by atoms with Gasteiger partial charge in [0.25, 0.3) is 5.91 Å². The highest BCUT2D eigenvalue weighted by atomic mass is 16.5. The minimum atomic E-state index is 0.126. The molecule has 2 heterocycles. The van der Waals surface area contributed by atoms with Crippen molar-refractivity contribution in [3.63, 3.8) is 0 Å². The number of hydrogen-bond acceptors (Lipinski definition) is 3. The third kappa shape index (κ3) is 4.52. The van der Waals surface area contributed by atoms with E-state index in [1.165, 1.54) is 0 Å². The summed E-state index contributed by atoms with van der Waals surface area (Å²) in [6, 6.07) is 10.0. The molecule has 3 rings (SSSR count). The number of carbonyl (C=O) groups is 1. The molecule has 26 heavy (non-hydrogen) atoms. The lowest BCUT2D eigenvalue weighted by Gasteiger charge is -2.17. The Balaban J connectivity index is 1.56. The zero-order valence-electron chi connectivity index (χ0n) is 16.1. The van der Waals surface area contributed by atoms with Gasteiger partial charge in [-0.3, -0.25) is 9.48 Å². The van der Waals surface area contributed by atoms with Crippen molar-refractivity contribution in [3.8, 4) is 0 Å². The van der Waals surface area contributed by atoms with Gasteiger partial charge in [0.2, 0.25) is 0 Å². The lowest BCUT2D eigenvalue weighted by atomic mass is 10.1. The highest BCUT2D eigenvalue weighted by Crippen LogP contribution is 2.19. The topological polar surface area (TPSA) is 47.4 Å². The quantitative estimate of drug-likeness (QED) is 0.715. The summed E-state index contributed by atoms with van der Waals surface area (Å²) in [6.45, 7) is 10.1. The van der Waals surface area contributed by atoms with Crippen molar-refractivity contribution in [1.82, 2.24) is 14.7 Å². The Bertz CT molecular complexity index is 736. The SMILES string of the molecule is CCCOC[C@H]1CCN(C(=O)c2ccc(Cn3nc(C)cc3C)cc2)C1. The van der Waals surface area contributed by atoms with Gasteiger partial charge < -0.3 is 9.64 Å². The molecule has 1 amide bonds. The highest BCUT2D eigenvalue weighted by molar-refractivity contribution is 5.94. The normalized spacial score (nSPS) is 17.0. The maximum Gasteiger partial charge on any atom is 0.253 e. The van der Waals surface area contributed by atoms with E-state index in [1.54, 1.807) is 0 Å². The minimum absolute atomic E-state index is 0.126. The first-order valence-electron chi connectivity index (χ1n) is 9.54. The average molecular weight is 355 g/mol. The number of aryl methyl sites for hydroxylation is 2. The van der Waals surface area contributed by atoms with Crippen LogP contribution in [-0.2, 0) is 11.3 Å². The van der Waals surface area contributed by atoms with Crippen LogP contribution in [0, 0.1) is 19.8 Å². The van der Waals surface area contributed by atoms with E-state index in [1.807, 2.05) is 40.8 Å². The zero-order chi connectivity index (χ0) is 18.5. The van der Waals surface area contributed by atoms with Crippen LogP contribution < -0.4 is 0 Å². The number of ether oxygens (including phenoxy) is 1. The second kappa shape index (κ2) is 8.49. The molecule has 1 atom stereocenters. The van der Waals surface area contributed by atoms with Crippen LogP contribution >= 0.6 is 0 Å². The first-order valence-corrected chi connectivity index (χ1v) is 9.54. The summed E-state index contributed by atoms with van der Waals surface area (Å²) in [6.07, 6.45) is 2.07. The molecule has 1 saturated heterocycles. The van der Waals surface area contributed by atoms with Crippen LogP contribution in [0.4, 0.5) is 0 Å². The number of benzene rings is 1. The number of nitrogens with zero attached hydrogens (tertiary/aromatic N) is 3. The lowest BCUT2D eigenvalue weighted by molar-refractivity contribution is 0.0754. The van der Waals surface area contributed by atoms with Gasteiger partial charge in [0, 0.05) is 36.9 Å². The molecule has 0 N–H and O–H groups in total. The molecule has 0 unspecified atom stereocenters. The number of aromatic nitrogens is 2. The van der Waals surface area contributed by atoms with Crippen LogP contribution in [0.3, 0.4) is 0 Å². The molecule has 0 radical (unpaired) electrons. The van der Waals surface area contributed by atoms with Crippen LogP contribution in [0.5, 0.6) is 0 Å². The van der Waals surface area contributed by atoms with Crippen molar-refractivity contribution >= 4 is 5.91 Å². The largest absolute Gasteiger partial charge is 0.381 e. The molecule has 140 valence electrons. The van der Waals surface area contributed by atoms with Crippen LogP contribution in [0.15, 0.2) is 30.3 Å². The Morgan fingerprint density at radius 1 is 1.27 bits per heavy atom. The van der Waals surface area contributed by atoms with Crippen LogP contribution in [0.2, 0.25) is 0 Å². The third-order valence-electron chi connectivity index (χ3n) is 4.91. The number of carbonyl (C=O) groups excluding carboxylic acids is 1. The molecule has 0 aliphatic carbocycles. The Kier molecular flexibility index (Phi) is 6.09. The van der Waals surface area contributed by atoms with E-state index < -0.39 is 0 Å². The molecule has 1 fully saturated rings. The second-order valence-corrected chi connectivity index (χ2v) is 7.26. The van der Waals surface area contributed by atoms with Crippen LogP contribution in [-0.4, -0.2) is 46.9 Å². The predicted octanol–water partition coefficient (Wildman–Crippen LogP) is 3.44. The Hall–Kier alpha value is -2.14. The molecule has 0 spiro atoms. The monoisotopic (exact) mass is 355 g/mol. The van der Waals surface area contributed by atoms with Gasteiger partial charge in [0.1, 0.15) is 0 Å². The fraction of sp³-hybridized carbons (Fsp3) is 0.524. The maximum atomic E-state index is 12.7. The van der Waals surface area contributed by atoms with Crippen molar-refractivity contribution in [2.75, 3.05) is 26.3 Å². The smallest absolute Gasteiger partial charge is 0.253 e. The van der Waals surface area contributed by atoms with E-state index >= 15 is 0 Å². The summed E-state index contributed by atoms with van der Waals surface area (Å²) < 4.78 is 7.63. The summed E-state index contributed by atoms with van der Waals surface area (Å²) in [5, 5.41) is 4.49. The maximum absolute atomic E-state index is 12.7. The molecule has 1 aromatic carbocycles. The van der Waals surface area contributed by atoms with E-state index in [0.717, 1.165) is 68.2 Å². The predicted molar refractivity (Wildman–Crippen MR) is 102 cm³/mol. The van der Waals surface area contributed by atoms with Gasteiger partial charge in [-0.05, 0) is 50.5 Å². The summed E-state index contributed by atoms with van der Waals surface area (Å²) in [4.78, 5) is 14.7. The number of rotatable bonds is 7. The first-order chi connectivity index (χ1) is 12.6. The summed E-state index contributed by atoms with van der Waals surface area (Å²) in [7, 11) is 0. The second-order valence-electron chi connectivity index (χ2n) is 7.26. The summed E-state index contributed by atoms with van der Waals surface area (Å²) in [5.41, 5.74) is 4.09. The molecule has 5 nitrogen and oxygen atoms in total. The number of likely N-dealkylation sites (tertiary alicyclic amines) is 1. The van der Waals surface area contributed by atoms with E-state index in [4.69, 9.17) is 4.74 Å². The molecule has 1 aromatic heterocycles. The molecule has 1 aliphatic rings. The average Bonchev–Trinajstić information content (AvgIpc) is 3.22. The van der Waals surface area contributed by atoms with Crippen molar-refractivity contribution in [3.05, 3.63) is 52.8 Å². The Labute approximate surface area is 156 Å². The lowest BCUT2D eigenvalue weighted by Crippen LogP contribution is -2.29. The van der Waals surface area contributed by atoms with E-state index in [-0.39, 0.29) is 5.91 Å². The highest BCUT2D eigenvalue weighted by Gasteiger charge is 2.26. The van der Waals surface area contributed by atoms with E-state index in [9.17, 15) is 4.79 Å². The Morgan fingerprint density at radius 3 is 2.69 bits per heavy atom. The first kappa shape index (κ1) is 18.6. The van der Waals surface area contributed by atoms with Gasteiger partial charge >= 0.3 is 0 Å². The molecule has 0 saturated carbocycles. The van der Waals surface area contributed by atoms with Crippen LogP contribution in [0.25, 0.3) is 0 Å². The van der Waals surface area contributed by atoms with Gasteiger partial charge in [-0.1, -0.05) is 19.1 Å². The molecule has 5 heteroatoms. The summed E-state index contributed by atoms with van der Waals surface area (Å²) >= 11 is 0. The van der Waals surface area contributed by atoms with Crippen molar-refractivity contribution in [2.45, 2.75) is 40.2 Å². The van der Waals surface area contributed by atoms with Crippen molar-refractivity contribution < 1.29 is 9.53 Å². The minimum Gasteiger partial charge on any atom is -0.381 e. The van der Waals surface area contributed by atoms with Gasteiger partial charge in [0.05, 0.1) is 18.8 Å². The molecule has 1 aliphatic heterocycles. The van der Waals surface area contributed by atoms with E-state index in [0.29, 0.717) is 5.92 Å². The Morgan fingerprint density at radius 2 is 2.04 bits per heavy atom. The van der Waals surface area contributed by atoms with Gasteiger partial charge in [0.15, 0.2) is 0 Å². The summed E-state index contributed by atoms with van der Waals surface area (Å²) in [5.74, 6) is 0.594. The molecular formula is C21H29N3O2. The standard InChI is InChI=1S/C21H29N3O2/c1-4-11-26-15-19-9-10-23(13-19)21(25)20-7-5-18(6-8-20)14-24-17(3)12-16(2)22-24/h5-8,12,19H,4,9-11,13-15H2,1-3H3/t19-/m0/s1. The van der Waals surface area contributed by atoms with Gasteiger partial charge in [-0.15, -0.1) is 0 Å². The number of hydrogen-bond donors (Lipinski definition) is 0. The third-order valence-corrected chi connectivity index (χ3v) is 4.91. The zero-order valence-corrected chi connectivity index (χ0v) is 16.1. The van der Waals surface area contributed by atoms with Crippen molar-refractivity contribution in [2.24, 2.45) is 5.92 Å². The van der Waals surface area contributed by atoms with Gasteiger partial charge in [-0.25, -0.2) is 0 Å². The molecule has 2 aromatic rings. The molecular weight excluding hydrogens is 326 g/mol. The van der Waals surface area contributed by atoms with Crippen molar-refractivity contribution in [1.29, 1.82) is 0 Å². The number of amides is 1. The molecule has 0 bridgehead atoms. The van der Waals surface area contributed by atoms with Gasteiger partial charge in [-0.2, -0.15) is 5.10 Å². The fourth-order valence-corrected chi connectivity index (χ4v) is 3.49. The fourth-order valence-electron chi connectivity index (χ4n) is 3.49. The van der Waals surface area contributed by atoms with E-state index in [2.05, 4.69) is 25.0 Å². The van der Waals surface area contributed by atoms with Crippen LogP contribution in [0.1, 0.15) is 47.1 Å².